The van der Waals surface area contributed by atoms with Crippen molar-refractivity contribution in [3.63, 3.8) is 0 Å². The maximum Gasteiger partial charge on any atom is 0.411 e. The zero-order valence-electron chi connectivity index (χ0n) is 18.1. The lowest BCUT2D eigenvalue weighted by Gasteiger charge is -2.25. The molecule has 0 saturated carbocycles. The number of likely N-dealkylation sites (tertiary alicyclic amines) is 1. The Morgan fingerprint density at radius 1 is 1.10 bits per heavy atom. The highest BCUT2D eigenvalue weighted by Crippen LogP contribution is 2.19. The number of guanidine groups is 1. The Hall–Kier alpha value is -2.33. The number of amides is 1. The van der Waals surface area contributed by atoms with Crippen LogP contribution < -0.4 is 16.0 Å². The van der Waals surface area contributed by atoms with Gasteiger partial charge in [0.25, 0.3) is 0 Å². The highest BCUT2D eigenvalue weighted by molar-refractivity contribution is 14.0. The predicted molar refractivity (Wildman–Crippen MR) is 136 cm³/mol. The Kier molecular flexibility index (Phi) is 10.6. The van der Waals surface area contributed by atoms with Crippen LogP contribution in [0.15, 0.2) is 59.6 Å². The highest BCUT2D eigenvalue weighted by atomic mass is 127. The molecule has 1 amide bonds. The smallest absolute Gasteiger partial charge is 0.411 e. The largest absolute Gasteiger partial charge is 0.453 e. The molecule has 7 nitrogen and oxygen atoms in total. The van der Waals surface area contributed by atoms with Gasteiger partial charge in [0.1, 0.15) is 0 Å². The molecule has 0 spiro atoms. The molecule has 1 unspecified atom stereocenters. The van der Waals surface area contributed by atoms with Crippen molar-refractivity contribution in [2.45, 2.75) is 32.0 Å². The third kappa shape index (κ3) is 8.02. The summed E-state index contributed by atoms with van der Waals surface area (Å²) in [5, 5.41) is 9.47. The van der Waals surface area contributed by atoms with Crippen LogP contribution in [0.1, 0.15) is 24.0 Å². The second-order valence-electron chi connectivity index (χ2n) is 7.37. The zero-order chi connectivity index (χ0) is 21.2. The van der Waals surface area contributed by atoms with E-state index in [-0.39, 0.29) is 24.0 Å². The number of halogens is 1. The van der Waals surface area contributed by atoms with Gasteiger partial charge >= 0.3 is 6.09 Å². The fourth-order valence-corrected chi connectivity index (χ4v) is 3.65. The normalized spacial score (nSPS) is 16.3. The van der Waals surface area contributed by atoms with E-state index >= 15 is 0 Å². The molecule has 0 bridgehead atoms. The first-order chi connectivity index (χ1) is 14.7. The molecule has 1 aliphatic heterocycles. The molecule has 2 aromatic carbocycles. The molecular formula is C23H32IN5O2. The Morgan fingerprint density at radius 2 is 1.84 bits per heavy atom. The number of benzene rings is 2. The van der Waals surface area contributed by atoms with Crippen LogP contribution in [-0.4, -0.2) is 50.2 Å². The number of rotatable bonds is 7. The second kappa shape index (κ2) is 13.2. The first-order valence-corrected chi connectivity index (χ1v) is 10.3. The number of anilines is 1. The molecule has 0 radical (unpaired) electrons. The third-order valence-electron chi connectivity index (χ3n) is 5.30. The number of hydrogen-bond acceptors (Lipinski definition) is 4. The summed E-state index contributed by atoms with van der Waals surface area (Å²) in [7, 11) is 3.13. The average molecular weight is 537 g/mol. The number of nitrogens with one attached hydrogen (secondary N) is 3. The number of carbonyl (C=O) groups excluding carboxylic acids is 1. The van der Waals surface area contributed by atoms with Crippen molar-refractivity contribution in [2.75, 3.05) is 32.6 Å². The molecule has 3 N–H and O–H groups in total. The van der Waals surface area contributed by atoms with Crippen molar-refractivity contribution in [3.8, 4) is 0 Å². The van der Waals surface area contributed by atoms with Crippen molar-refractivity contribution in [1.82, 2.24) is 15.5 Å². The Bertz CT molecular complexity index is 830. The van der Waals surface area contributed by atoms with E-state index in [9.17, 15) is 4.79 Å². The predicted octanol–water partition coefficient (Wildman–Crippen LogP) is 3.81. The van der Waals surface area contributed by atoms with Crippen molar-refractivity contribution in [1.29, 1.82) is 0 Å². The molecule has 1 fully saturated rings. The van der Waals surface area contributed by atoms with Gasteiger partial charge in [-0.15, -0.1) is 24.0 Å². The molecule has 0 aliphatic carbocycles. The molecule has 1 atom stereocenters. The molecule has 31 heavy (non-hydrogen) atoms. The quantitative estimate of drug-likeness (QED) is 0.285. The molecule has 1 heterocycles. The van der Waals surface area contributed by atoms with Crippen molar-refractivity contribution < 1.29 is 9.53 Å². The van der Waals surface area contributed by atoms with Crippen LogP contribution in [0.3, 0.4) is 0 Å². The van der Waals surface area contributed by atoms with Crippen molar-refractivity contribution in [3.05, 3.63) is 65.7 Å². The number of hydrogen-bond donors (Lipinski definition) is 3. The maximum atomic E-state index is 11.3. The molecule has 168 valence electrons. The Labute approximate surface area is 201 Å². The molecule has 1 aliphatic rings. The van der Waals surface area contributed by atoms with E-state index in [1.165, 1.54) is 25.5 Å². The number of methoxy groups -OCH3 is 1. The van der Waals surface area contributed by atoms with Gasteiger partial charge in [0.2, 0.25) is 0 Å². The van der Waals surface area contributed by atoms with Gasteiger partial charge in [-0.2, -0.15) is 0 Å². The zero-order valence-corrected chi connectivity index (χ0v) is 20.5. The first kappa shape index (κ1) is 24.9. The van der Waals surface area contributed by atoms with Gasteiger partial charge in [-0.1, -0.05) is 42.5 Å². The van der Waals surface area contributed by atoms with Gasteiger partial charge in [-0.25, -0.2) is 4.79 Å². The molecule has 3 rings (SSSR count). The Balaban J connectivity index is 0.00000341. The fraction of sp³-hybridized carbons (Fsp3) is 0.391. The van der Waals surface area contributed by atoms with Crippen LogP contribution in [0.4, 0.5) is 10.5 Å². The molecule has 8 heteroatoms. The van der Waals surface area contributed by atoms with E-state index in [4.69, 9.17) is 0 Å². The Morgan fingerprint density at radius 3 is 2.52 bits per heavy atom. The van der Waals surface area contributed by atoms with E-state index < -0.39 is 6.09 Å². The van der Waals surface area contributed by atoms with Crippen LogP contribution in [0.25, 0.3) is 0 Å². The van der Waals surface area contributed by atoms with E-state index in [1.807, 2.05) is 24.3 Å². The summed E-state index contributed by atoms with van der Waals surface area (Å²) in [6.07, 6.45) is 1.96. The number of aliphatic imine (C=N–C) groups is 1. The van der Waals surface area contributed by atoms with Crippen molar-refractivity contribution in [2.24, 2.45) is 4.99 Å². The van der Waals surface area contributed by atoms with Crippen LogP contribution in [0, 0.1) is 0 Å². The minimum absolute atomic E-state index is 0. The minimum Gasteiger partial charge on any atom is -0.453 e. The second-order valence-corrected chi connectivity index (χ2v) is 7.37. The lowest BCUT2D eigenvalue weighted by molar-refractivity contribution is 0.187. The molecule has 2 aromatic rings. The lowest BCUT2D eigenvalue weighted by atomic mass is 10.2. The van der Waals surface area contributed by atoms with Gasteiger partial charge in [0.15, 0.2) is 5.96 Å². The van der Waals surface area contributed by atoms with Gasteiger partial charge in [0, 0.05) is 38.4 Å². The number of carbonyl (C=O) groups is 1. The topological polar surface area (TPSA) is 78.0 Å². The highest BCUT2D eigenvalue weighted by Gasteiger charge is 2.24. The van der Waals surface area contributed by atoms with Gasteiger partial charge in [0.05, 0.1) is 7.11 Å². The summed E-state index contributed by atoms with van der Waals surface area (Å²) in [6.45, 7) is 3.65. The summed E-state index contributed by atoms with van der Waals surface area (Å²) in [6, 6.07) is 18.8. The summed E-state index contributed by atoms with van der Waals surface area (Å²) < 4.78 is 4.60. The van der Waals surface area contributed by atoms with Crippen molar-refractivity contribution >= 4 is 41.7 Å². The lowest BCUT2D eigenvalue weighted by Crippen LogP contribution is -2.44. The van der Waals surface area contributed by atoms with Crippen LogP contribution in [-0.2, 0) is 17.8 Å². The fourth-order valence-electron chi connectivity index (χ4n) is 3.65. The van der Waals surface area contributed by atoms with Crippen LogP contribution in [0.2, 0.25) is 0 Å². The first-order valence-electron chi connectivity index (χ1n) is 10.3. The van der Waals surface area contributed by atoms with E-state index in [1.54, 1.807) is 7.05 Å². The average Bonchev–Trinajstić information content (AvgIpc) is 3.22. The van der Waals surface area contributed by atoms with E-state index in [2.05, 4.69) is 60.9 Å². The number of ether oxygens (including phenoxy) is 1. The third-order valence-corrected chi connectivity index (χ3v) is 5.30. The van der Waals surface area contributed by atoms with Gasteiger partial charge in [-0.05, 0) is 42.6 Å². The van der Waals surface area contributed by atoms with E-state index in [0.717, 1.165) is 31.2 Å². The van der Waals surface area contributed by atoms with Crippen LogP contribution >= 0.6 is 24.0 Å². The van der Waals surface area contributed by atoms with Crippen LogP contribution in [0.5, 0.6) is 0 Å². The summed E-state index contributed by atoms with van der Waals surface area (Å²) >= 11 is 0. The minimum atomic E-state index is -0.473. The van der Waals surface area contributed by atoms with E-state index in [0.29, 0.717) is 18.3 Å². The SMILES string of the molecule is CN=C(NCc1ccc(NC(=O)OC)cc1)NCC1CCCN1Cc1ccccc1.I. The maximum absolute atomic E-state index is 11.3. The molecule has 1 saturated heterocycles. The number of nitrogens with zero attached hydrogens (tertiary/aromatic N) is 2. The van der Waals surface area contributed by atoms with Gasteiger partial charge < -0.3 is 15.4 Å². The summed E-state index contributed by atoms with van der Waals surface area (Å²) in [5.74, 6) is 0.790. The standard InChI is InChI=1S/C23H31N5O2.HI/c1-24-22(25-15-18-10-12-20(13-11-18)27-23(29)30-2)26-16-21-9-6-14-28(21)17-19-7-4-3-5-8-19;/h3-5,7-8,10-13,21H,6,9,14-17H2,1-2H3,(H,27,29)(H2,24,25,26);1H. The summed E-state index contributed by atoms with van der Waals surface area (Å²) in [5.41, 5.74) is 3.16. The molecular weight excluding hydrogens is 505 g/mol. The summed E-state index contributed by atoms with van der Waals surface area (Å²) in [4.78, 5) is 18.1. The molecule has 0 aromatic heterocycles. The monoisotopic (exact) mass is 537 g/mol. The van der Waals surface area contributed by atoms with Gasteiger partial charge in [-0.3, -0.25) is 15.2 Å².